The van der Waals surface area contributed by atoms with Gasteiger partial charge in [-0.2, -0.15) is 0 Å². The van der Waals surface area contributed by atoms with E-state index in [-0.39, 0.29) is 19.1 Å². The number of hydrogen-bond donors (Lipinski definition) is 3. The quantitative estimate of drug-likeness (QED) is 0.415. The number of ether oxygens (including phenoxy) is 1. The Balaban J connectivity index is 2.40. The first-order chi connectivity index (χ1) is 8.52. The summed E-state index contributed by atoms with van der Waals surface area (Å²) in [5.41, 5.74) is 3.38. The maximum Gasteiger partial charge on any atom is 0.259 e. The van der Waals surface area contributed by atoms with E-state index in [0.29, 0.717) is 10.7 Å². The lowest BCUT2D eigenvalue weighted by molar-refractivity contribution is -0.128. The van der Waals surface area contributed by atoms with Crippen molar-refractivity contribution in [3.05, 3.63) is 28.8 Å². The first-order valence-electron chi connectivity index (χ1n) is 5.16. The van der Waals surface area contributed by atoms with E-state index in [0.717, 1.165) is 5.56 Å². The molecule has 6 nitrogen and oxygen atoms in total. The summed E-state index contributed by atoms with van der Waals surface area (Å²) in [6.07, 6.45) is 0. The zero-order valence-electron chi connectivity index (χ0n) is 9.83. The number of hydrazine groups is 1. The highest BCUT2D eigenvalue weighted by Crippen LogP contribution is 2.19. The van der Waals surface area contributed by atoms with Crippen molar-refractivity contribution in [3.63, 3.8) is 0 Å². The lowest BCUT2D eigenvalue weighted by Crippen LogP contribution is -2.34. The lowest BCUT2D eigenvalue weighted by atomic mass is 10.2. The number of aryl methyl sites for hydroxylation is 1. The van der Waals surface area contributed by atoms with Crippen molar-refractivity contribution >= 4 is 29.1 Å². The summed E-state index contributed by atoms with van der Waals surface area (Å²) in [5, 5.41) is 3.16. The second-order valence-electron chi connectivity index (χ2n) is 3.57. The van der Waals surface area contributed by atoms with E-state index in [1.165, 1.54) is 0 Å². The van der Waals surface area contributed by atoms with Gasteiger partial charge < -0.3 is 10.1 Å². The van der Waals surface area contributed by atoms with Crippen molar-refractivity contribution in [2.45, 2.75) is 6.92 Å². The van der Waals surface area contributed by atoms with Crippen LogP contribution in [-0.2, 0) is 14.3 Å². The van der Waals surface area contributed by atoms with Gasteiger partial charge in [-0.15, -0.1) is 0 Å². The Labute approximate surface area is 109 Å². The van der Waals surface area contributed by atoms with Crippen LogP contribution < -0.4 is 16.6 Å². The van der Waals surface area contributed by atoms with Crippen LogP contribution >= 0.6 is 11.6 Å². The summed E-state index contributed by atoms with van der Waals surface area (Å²) in [5.74, 6) is 3.97. The van der Waals surface area contributed by atoms with Gasteiger partial charge >= 0.3 is 0 Å². The Morgan fingerprint density at radius 2 is 2.00 bits per heavy atom. The number of carbonyl (C=O) groups excluding carboxylic acids is 2. The lowest BCUT2D eigenvalue weighted by Gasteiger charge is -2.07. The summed E-state index contributed by atoms with van der Waals surface area (Å²) >= 11 is 5.91. The van der Waals surface area contributed by atoms with E-state index in [9.17, 15) is 9.59 Å². The van der Waals surface area contributed by atoms with Crippen molar-refractivity contribution < 1.29 is 14.3 Å². The zero-order chi connectivity index (χ0) is 13.5. The molecule has 0 fully saturated rings. The molecule has 0 spiro atoms. The molecule has 1 rings (SSSR count). The van der Waals surface area contributed by atoms with Crippen molar-refractivity contribution in [2.75, 3.05) is 18.5 Å². The van der Waals surface area contributed by atoms with E-state index in [1.807, 2.05) is 12.3 Å². The summed E-state index contributed by atoms with van der Waals surface area (Å²) in [6.45, 7) is 1.36. The van der Waals surface area contributed by atoms with Gasteiger partial charge in [-0.3, -0.25) is 15.0 Å². The molecule has 0 aliphatic carbocycles. The van der Waals surface area contributed by atoms with Crippen molar-refractivity contribution in [1.82, 2.24) is 5.43 Å². The largest absolute Gasteiger partial charge is 0.362 e. The smallest absolute Gasteiger partial charge is 0.259 e. The first-order valence-corrected chi connectivity index (χ1v) is 5.54. The maximum atomic E-state index is 11.4. The van der Waals surface area contributed by atoms with Gasteiger partial charge in [-0.05, 0) is 24.6 Å². The number of carbonyl (C=O) groups is 2. The third-order valence-corrected chi connectivity index (χ3v) is 2.49. The SMILES string of the molecule is Cc1ccc(NC(=O)COCC(=O)NN)cc1Cl. The predicted octanol–water partition coefficient (Wildman–Crippen LogP) is 0.593. The highest BCUT2D eigenvalue weighted by Gasteiger charge is 2.05. The molecule has 0 saturated carbocycles. The van der Waals surface area contributed by atoms with Gasteiger partial charge in [0.2, 0.25) is 5.91 Å². The van der Waals surface area contributed by atoms with Gasteiger partial charge in [0, 0.05) is 10.7 Å². The molecule has 2 amide bonds. The van der Waals surface area contributed by atoms with Crippen LogP contribution in [0.2, 0.25) is 5.02 Å². The Morgan fingerprint density at radius 3 is 2.61 bits per heavy atom. The maximum absolute atomic E-state index is 11.4. The number of nitrogens with two attached hydrogens (primary N) is 1. The van der Waals surface area contributed by atoms with Gasteiger partial charge in [-0.1, -0.05) is 17.7 Å². The Hall–Kier alpha value is -1.63. The predicted molar refractivity (Wildman–Crippen MR) is 68.0 cm³/mol. The molecule has 18 heavy (non-hydrogen) atoms. The number of benzene rings is 1. The molecule has 1 aromatic carbocycles. The van der Waals surface area contributed by atoms with Crippen LogP contribution in [0.3, 0.4) is 0 Å². The Morgan fingerprint density at radius 1 is 1.33 bits per heavy atom. The number of nitrogens with one attached hydrogen (secondary N) is 2. The van der Waals surface area contributed by atoms with E-state index < -0.39 is 5.91 Å². The van der Waals surface area contributed by atoms with Gasteiger partial charge in [0.05, 0.1) is 0 Å². The standard InChI is InChI=1S/C11H14ClN3O3/c1-7-2-3-8(4-9(7)12)14-10(16)5-18-6-11(17)15-13/h2-4H,5-6,13H2,1H3,(H,14,16)(H,15,17). The topological polar surface area (TPSA) is 93.4 Å². The van der Waals surface area contributed by atoms with Gasteiger partial charge in [0.25, 0.3) is 5.91 Å². The molecule has 0 atom stereocenters. The van der Waals surface area contributed by atoms with E-state index in [2.05, 4.69) is 5.32 Å². The number of amides is 2. The molecule has 1 aromatic rings. The van der Waals surface area contributed by atoms with Crippen molar-refractivity contribution in [3.8, 4) is 0 Å². The zero-order valence-corrected chi connectivity index (χ0v) is 10.6. The summed E-state index contributed by atoms with van der Waals surface area (Å²) in [4.78, 5) is 22.2. The minimum Gasteiger partial charge on any atom is -0.362 e. The second-order valence-corrected chi connectivity index (χ2v) is 3.98. The minimum absolute atomic E-state index is 0.237. The van der Waals surface area contributed by atoms with E-state index in [1.54, 1.807) is 18.2 Å². The minimum atomic E-state index is -0.499. The molecular formula is C11H14ClN3O3. The van der Waals surface area contributed by atoms with E-state index in [4.69, 9.17) is 22.2 Å². The molecule has 4 N–H and O–H groups in total. The third-order valence-electron chi connectivity index (χ3n) is 2.08. The molecule has 0 aliphatic rings. The highest BCUT2D eigenvalue weighted by atomic mass is 35.5. The molecule has 0 radical (unpaired) electrons. The molecule has 98 valence electrons. The molecule has 0 aliphatic heterocycles. The normalized spacial score (nSPS) is 9.94. The molecule has 0 unspecified atom stereocenters. The van der Waals surface area contributed by atoms with E-state index >= 15 is 0 Å². The highest BCUT2D eigenvalue weighted by molar-refractivity contribution is 6.31. The molecule has 0 aromatic heterocycles. The number of hydrogen-bond acceptors (Lipinski definition) is 4. The van der Waals surface area contributed by atoms with Crippen LogP contribution in [0.15, 0.2) is 18.2 Å². The first kappa shape index (κ1) is 14.4. The van der Waals surface area contributed by atoms with Crippen LogP contribution in [0.5, 0.6) is 0 Å². The van der Waals surface area contributed by atoms with Crippen LogP contribution in [-0.4, -0.2) is 25.0 Å². The van der Waals surface area contributed by atoms with Crippen molar-refractivity contribution in [1.29, 1.82) is 0 Å². The molecule has 0 heterocycles. The fourth-order valence-electron chi connectivity index (χ4n) is 1.15. The van der Waals surface area contributed by atoms with Crippen molar-refractivity contribution in [2.24, 2.45) is 5.84 Å². The fraction of sp³-hybridized carbons (Fsp3) is 0.273. The van der Waals surface area contributed by atoms with Gasteiger partial charge in [0.15, 0.2) is 0 Å². The molecule has 7 heteroatoms. The van der Waals surface area contributed by atoms with Crippen LogP contribution in [0.4, 0.5) is 5.69 Å². The average Bonchev–Trinajstić information content (AvgIpc) is 2.33. The average molecular weight is 272 g/mol. The second kappa shape index (κ2) is 6.95. The summed E-state index contributed by atoms with van der Waals surface area (Å²) in [7, 11) is 0. The monoisotopic (exact) mass is 271 g/mol. The summed E-state index contributed by atoms with van der Waals surface area (Å²) in [6, 6.07) is 5.16. The number of halogens is 1. The molecular weight excluding hydrogens is 258 g/mol. The fourth-order valence-corrected chi connectivity index (χ4v) is 1.33. The third kappa shape index (κ3) is 4.70. The number of rotatable bonds is 5. The Bertz CT molecular complexity index is 451. The van der Waals surface area contributed by atoms with Gasteiger partial charge in [0.1, 0.15) is 13.2 Å². The molecule has 0 bridgehead atoms. The summed E-state index contributed by atoms with van der Waals surface area (Å²) < 4.78 is 4.84. The van der Waals surface area contributed by atoms with Crippen LogP contribution in [0.1, 0.15) is 5.56 Å². The van der Waals surface area contributed by atoms with Crippen LogP contribution in [0, 0.1) is 6.92 Å². The van der Waals surface area contributed by atoms with Gasteiger partial charge in [-0.25, -0.2) is 5.84 Å². The van der Waals surface area contributed by atoms with Crippen LogP contribution in [0.25, 0.3) is 0 Å². The Kier molecular flexibility index (Phi) is 5.57. The number of anilines is 1. The molecule has 0 saturated heterocycles.